The Morgan fingerprint density at radius 2 is 1.93 bits per heavy atom. The van der Waals surface area contributed by atoms with Crippen molar-refractivity contribution in [2.75, 3.05) is 6.54 Å². The van der Waals surface area contributed by atoms with E-state index >= 15 is 0 Å². The SMILES string of the molecule is CCCC1CC(CN)(SC2CCCC2)C1. The lowest BCUT2D eigenvalue weighted by atomic mass is 9.72. The molecule has 0 saturated heterocycles. The van der Waals surface area contributed by atoms with E-state index in [1.807, 2.05) is 0 Å². The molecule has 0 aromatic rings. The molecule has 2 aliphatic carbocycles. The van der Waals surface area contributed by atoms with E-state index < -0.39 is 0 Å². The number of nitrogens with two attached hydrogens (primary N) is 1. The molecule has 2 saturated carbocycles. The molecule has 15 heavy (non-hydrogen) atoms. The Morgan fingerprint density at radius 3 is 2.47 bits per heavy atom. The van der Waals surface area contributed by atoms with Crippen LogP contribution in [0.1, 0.15) is 58.3 Å². The molecule has 0 atom stereocenters. The van der Waals surface area contributed by atoms with Crippen LogP contribution in [0.5, 0.6) is 0 Å². The Hall–Kier alpha value is 0.310. The number of hydrogen-bond acceptors (Lipinski definition) is 2. The van der Waals surface area contributed by atoms with Crippen LogP contribution in [0.2, 0.25) is 0 Å². The number of rotatable bonds is 5. The molecule has 2 heteroatoms. The van der Waals surface area contributed by atoms with E-state index in [2.05, 4.69) is 18.7 Å². The summed E-state index contributed by atoms with van der Waals surface area (Å²) >= 11 is 2.25. The second-order valence-electron chi connectivity index (χ2n) is 5.47. The lowest BCUT2D eigenvalue weighted by molar-refractivity contribution is 0.219. The Morgan fingerprint density at radius 1 is 1.27 bits per heavy atom. The summed E-state index contributed by atoms with van der Waals surface area (Å²) in [7, 11) is 0. The average molecular weight is 227 g/mol. The van der Waals surface area contributed by atoms with Crippen LogP contribution in [-0.4, -0.2) is 16.5 Å². The van der Waals surface area contributed by atoms with Gasteiger partial charge in [0.25, 0.3) is 0 Å². The summed E-state index contributed by atoms with van der Waals surface area (Å²) in [6.45, 7) is 3.21. The fraction of sp³-hybridized carbons (Fsp3) is 1.00. The predicted molar refractivity (Wildman–Crippen MR) is 69.3 cm³/mol. The second kappa shape index (κ2) is 5.09. The highest BCUT2D eigenvalue weighted by Gasteiger charge is 2.44. The van der Waals surface area contributed by atoms with E-state index in [4.69, 9.17) is 5.73 Å². The van der Waals surface area contributed by atoms with Crippen LogP contribution in [0, 0.1) is 5.92 Å². The van der Waals surface area contributed by atoms with Gasteiger partial charge in [-0.1, -0.05) is 32.6 Å². The molecule has 2 fully saturated rings. The first-order valence-corrected chi connectivity index (χ1v) is 7.54. The van der Waals surface area contributed by atoms with Gasteiger partial charge in [0.1, 0.15) is 0 Å². The Balaban J connectivity index is 1.78. The lowest BCUT2D eigenvalue weighted by Gasteiger charge is -2.48. The molecule has 0 aromatic carbocycles. The van der Waals surface area contributed by atoms with Crippen molar-refractivity contribution in [2.45, 2.75) is 68.3 Å². The van der Waals surface area contributed by atoms with Crippen LogP contribution in [0.25, 0.3) is 0 Å². The van der Waals surface area contributed by atoms with Gasteiger partial charge in [-0.25, -0.2) is 0 Å². The van der Waals surface area contributed by atoms with Crippen molar-refractivity contribution in [3.63, 3.8) is 0 Å². The van der Waals surface area contributed by atoms with Gasteiger partial charge in [0.2, 0.25) is 0 Å². The Labute approximate surface area is 98.6 Å². The van der Waals surface area contributed by atoms with Crippen molar-refractivity contribution < 1.29 is 0 Å². The zero-order chi connectivity index (χ0) is 10.7. The molecule has 2 rings (SSSR count). The molecule has 0 radical (unpaired) electrons. The lowest BCUT2D eigenvalue weighted by Crippen LogP contribution is -2.48. The first-order valence-electron chi connectivity index (χ1n) is 6.66. The molecular weight excluding hydrogens is 202 g/mol. The maximum Gasteiger partial charge on any atom is 0.0290 e. The molecule has 0 aliphatic heterocycles. The molecule has 0 spiro atoms. The zero-order valence-corrected chi connectivity index (χ0v) is 10.8. The standard InChI is InChI=1S/C13H25NS/c1-2-5-11-8-13(9-11,10-14)15-12-6-3-4-7-12/h11-12H,2-10,14H2,1H3. The second-order valence-corrected chi connectivity index (χ2v) is 7.24. The first kappa shape index (κ1) is 11.8. The minimum atomic E-state index is 0.495. The molecule has 0 amide bonds. The van der Waals surface area contributed by atoms with E-state index in [0.717, 1.165) is 17.7 Å². The summed E-state index contributed by atoms with van der Waals surface area (Å²) in [5.41, 5.74) is 5.98. The van der Waals surface area contributed by atoms with Crippen molar-refractivity contribution >= 4 is 11.8 Å². The fourth-order valence-corrected chi connectivity index (χ4v) is 5.31. The third kappa shape index (κ3) is 2.71. The fourth-order valence-electron chi connectivity index (χ4n) is 3.28. The first-order chi connectivity index (χ1) is 7.28. The third-order valence-corrected chi connectivity index (χ3v) is 5.91. The van der Waals surface area contributed by atoms with Crippen LogP contribution in [0.4, 0.5) is 0 Å². The summed E-state index contributed by atoms with van der Waals surface area (Å²) in [4.78, 5) is 0. The van der Waals surface area contributed by atoms with Gasteiger partial charge < -0.3 is 5.73 Å². The highest BCUT2D eigenvalue weighted by atomic mass is 32.2. The van der Waals surface area contributed by atoms with E-state index in [9.17, 15) is 0 Å². The third-order valence-electron chi connectivity index (χ3n) is 4.11. The van der Waals surface area contributed by atoms with Gasteiger partial charge in [-0.3, -0.25) is 0 Å². The minimum Gasteiger partial charge on any atom is -0.329 e. The van der Waals surface area contributed by atoms with Gasteiger partial charge in [0.15, 0.2) is 0 Å². The monoisotopic (exact) mass is 227 g/mol. The van der Waals surface area contributed by atoms with E-state index in [-0.39, 0.29) is 0 Å². The highest BCUT2D eigenvalue weighted by molar-refractivity contribution is 8.01. The maximum absolute atomic E-state index is 5.98. The number of hydrogen-bond donors (Lipinski definition) is 1. The van der Waals surface area contributed by atoms with Gasteiger partial charge >= 0.3 is 0 Å². The molecule has 0 aromatic heterocycles. The maximum atomic E-state index is 5.98. The van der Waals surface area contributed by atoms with Crippen molar-refractivity contribution in [1.29, 1.82) is 0 Å². The predicted octanol–water partition coefficient (Wildman–Crippen LogP) is 3.57. The molecule has 2 aliphatic rings. The summed E-state index contributed by atoms with van der Waals surface area (Å²) in [6, 6.07) is 0. The Kier molecular flexibility index (Phi) is 4.00. The average Bonchev–Trinajstić information content (AvgIpc) is 2.67. The van der Waals surface area contributed by atoms with Crippen molar-refractivity contribution in [3.05, 3.63) is 0 Å². The topological polar surface area (TPSA) is 26.0 Å². The van der Waals surface area contributed by atoms with Crippen LogP contribution in [0.15, 0.2) is 0 Å². The van der Waals surface area contributed by atoms with E-state index in [0.29, 0.717) is 4.75 Å². The van der Waals surface area contributed by atoms with E-state index in [1.54, 1.807) is 0 Å². The van der Waals surface area contributed by atoms with Crippen molar-refractivity contribution in [3.8, 4) is 0 Å². The van der Waals surface area contributed by atoms with Gasteiger partial charge in [-0.15, -0.1) is 0 Å². The van der Waals surface area contributed by atoms with Crippen LogP contribution in [0.3, 0.4) is 0 Å². The van der Waals surface area contributed by atoms with Gasteiger partial charge in [0.05, 0.1) is 0 Å². The van der Waals surface area contributed by atoms with Crippen molar-refractivity contribution in [2.24, 2.45) is 11.7 Å². The van der Waals surface area contributed by atoms with Gasteiger partial charge in [-0.2, -0.15) is 11.8 Å². The molecule has 0 bridgehead atoms. The zero-order valence-electron chi connectivity index (χ0n) is 10.0. The summed E-state index contributed by atoms with van der Waals surface area (Å²) in [5, 5.41) is 0.941. The molecule has 1 nitrogen and oxygen atoms in total. The van der Waals surface area contributed by atoms with Gasteiger partial charge in [0, 0.05) is 16.5 Å². The van der Waals surface area contributed by atoms with Crippen LogP contribution < -0.4 is 5.73 Å². The van der Waals surface area contributed by atoms with E-state index in [1.165, 1.54) is 51.4 Å². The molecule has 88 valence electrons. The normalized spacial score (nSPS) is 36.8. The molecular formula is C13H25NS. The number of thioether (sulfide) groups is 1. The minimum absolute atomic E-state index is 0.495. The summed E-state index contributed by atoms with van der Waals surface area (Å²) in [5.74, 6) is 0.993. The quantitative estimate of drug-likeness (QED) is 0.777. The largest absolute Gasteiger partial charge is 0.329 e. The van der Waals surface area contributed by atoms with Crippen molar-refractivity contribution in [1.82, 2.24) is 0 Å². The Bertz CT molecular complexity index is 193. The molecule has 2 N–H and O–H groups in total. The highest BCUT2D eigenvalue weighted by Crippen LogP contribution is 2.52. The van der Waals surface area contributed by atoms with Crippen LogP contribution in [-0.2, 0) is 0 Å². The summed E-state index contributed by atoms with van der Waals surface area (Å²) < 4.78 is 0.495. The molecule has 0 heterocycles. The summed E-state index contributed by atoms with van der Waals surface area (Å²) in [6.07, 6.45) is 11.4. The molecule has 0 unspecified atom stereocenters. The smallest absolute Gasteiger partial charge is 0.0290 e. The van der Waals surface area contributed by atoms with Crippen LogP contribution >= 0.6 is 11.8 Å². The van der Waals surface area contributed by atoms with Gasteiger partial charge in [-0.05, 0) is 31.6 Å².